The molecule has 1 fully saturated rings. The van der Waals surface area contributed by atoms with Crippen molar-refractivity contribution in [2.45, 2.75) is 18.9 Å². The number of hydrogen-bond acceptors (Lipinski definition) is 2. The molecule has 0 radical (unpaired) electrons. The van der Waals surface area contributed by atoms with Crippen LogP contribution in [0.5, 0.6) is 0 Å². The Balaban J connectivity index is 2.14. The number of rotatable bonds is 2. The SMILES string of the molecule is C#CCCN1CC[C@@H](O)C1. The molecule has 0 aromatic rings. The van der Waals surface area contributed by atoms with Gasteiger partial charge in [0.1, 0.15) is 0 Å². The molecule has 1 atom stereocenters. The molecule has 0 spiro atoms. The van der Waals surface area contributed by atoms with Gasteiger partial charge in [0.2, 0.25) is 0 Å². The van der Waals surface area contributed by atoms with E-state index in [9.17, 15) is 0 Å². The Morgan fingerprint density at radius 3 is 3.00 bits per heavy atom. The average molecular weight is 139 g/mol. The van der Waals surface area contributed by atoms with Gasteiger partial charge in [0.05, 0.1) is 6.10 Å². The monoisotopic (exact) mass is 139 g/mol. The molecule has 0 aromatic carbocycles. The van der Waals surface area contributed by atoms with Crippen molar-refractivity contribution in [3.8, 4) is 12.3 Å². The van der Waals surface area contributed by atoms with Crippen LogP contribution in [-0.4, -0.2) is 35.7 Å². The number of terminal acetylenes is 1. The van der Waals surface area contributed by atoms with Gasteiger partial charge < -0.3 is 5.11 Å². The Hall–Kier alpha value is -0.520. The second kappa shape index (κ2) is 3.60. The van der Waals surface area contributed by atoms with Crippen LogP contribution in [0.15, 0.2) is 0 Å². The van der Waals surface area contributed by atoms with E-state index in [0.717, 1.165) is 32.5 Å². The quantitative estimate of drug-likeness (QED) is 0.547. The van der Waals surface area contributed by atoms with Crippen LogP contribution in [0.3, 0.4) is 0 Å². The largest absolute Gasteiger partial charge is 0.392 e. The minimum Gasteiger partial charge on any atom is -0.392 e. The average Bonchev–Trinajstić information content (AvgIpc) is 2.31. The molecule has 0 bridgehead atoms. The van der Waals surface area contributed by atoms with Crippen LogP contribution in [0, 0.1) is 12.3 Å². The highest BCUT2D eigenvalue weighted by atomic mass is 16.3. The Morgan fingerprint density at radius 2 is 2.50 bits per heavy atom. The summed E-state index contributed by atoms with van der Waals surface area (Å²) in [5.41, 5.74) is 0. The molecule has 1 N–H and O–H groups in total. The molecule has 0 amide bonds. The molecule has 0 aliphatic carbocycles. The zero-order valence-corrected chi connectivity index (χ0v) is 6.08. The van der Waals surface area contributed by atoms with E-state index in [4.69, 9.17) is 11.5 Å². The van der Waals surface area contributed by atoms with E-state index in [2.05, 4.69) is 10.8 Å². The van der Waals surface area contributed by atoms with E-state index >= 15 is 0 Å². The molecule has 1 rings (SSSR count). The lowest BCUT2D eigenvalue weighted by atomic mass is 10.3. The number of hydrogen-bond donors (Lipinski definition) is 1. The molecular weight excluding hydrogens is 126 g/mol. The van der Waals surface area contributed by atoms with Crippen molar-refractivity contribution in [1.82, 2.24) is 4.90 Å². The number of likely N-dealkylation sites (tertiary alicyclic amines) is 1. The highest BCUT2D eigenvalue weighted by Gasteiger charge is 2.18. The van der Waals surface area contributed by atoms with Crippen molar-refractivity contribution in [2.24, 2.45) is 0 Å². The van der Waals surface area contributed by atoms with Gasteiger partial charge in [-0.15, -0.1) is 12.3 Å². The molecule has 1 heterocycles. The van der Waals surface area contributed by atoms with Crippen LogP contribution >= 0.6 is 0 Å². The topological polar surface area (TPSA) is 23.5 Å². The molecule has 0 unspecified atom stereocenters. The summed E-state index contributed by atoms with van der Waals surface area (Å²) >= 11 is 0. The minimum absolute atomic E-state index is 0.113. The Labute approximate surface area is 61.8 Å². The molecule has 1 aliphatic heterocycles. The first-order valence-corrected chi connectivity index (χ1v) is 3.67. The van der Waals surface area contributed by atoms with Gasteiger partial charge in [-0.3, -0.25) is 4.90 Å². The Morgan fingerprint density at radius 1 is 1.70 bits per heavy atom. The van der Waals surface area contributed by atoms with Crippen molar-refractivity contribution in [3.05, 3.63) is 0 Å². The van der Waals surface area contributed by atoms with Crippen molar-refractivity contribution in [1.29, 1.82) is 0 Å². The maximum atomic E-state index is 9.11. The lowest BCUT2D eigenvalue weighted by Crippen LogP contribution is -2.22. The summed E-state index contributed by atoms with van der Waals surface area (Å²) in [6.07, 6.45) is 6.69. The van der Waals surface area contributed by atoms with E-state index in [1.165, 1.54) is 0 Å². The van der Waals surface area contributed by atoms with Crippen LogP contribution in [0.25, 0.3) is 0 Å². The van der Waals surface area contributed by atoms with Crippen LogP contribution < -0.4 is 0 Å². The molecule has 0 saturated carbocycles. The summed E-state index contributed by atoms with van der Waals surface area (Å²) < 4.78 is 0. The maximum absolute atomic E-state index is 9.11. The van der Waals surface area contributed by atoms with Crippen molar-refractivity contribution in [3.63, 3.8) is 0 Å². The molecule has 2 nitrogen and oxygen atoms in total. The molecule has 2 heteroatoms. The van der Waals surface area contributed by atoms with Gasteiger partial charge >= 0.3 is 0 Å². The number of aliphatic hydroxyl groups is 1. The van der Waals surface area contributed by atoms with Crippen LogP contribution in [0.2, 0.25) is 0 Å². The van der Waals surface area contributed by atoms with E-state index in [0.29, 0.717) is 0 Å². The van der Waals surface area contributed by atoms with E-state index in [-0.39, 0.29) is 6.10 Å². The first kappa shape index (κ1) is 7.59. The first-order valence-electron chi connectivity index (χ1n) is 3.67. The standard InChI is InChI=1S/C8H13NO/c1-2-3-5-9-6-4-8(10)7-9/h1,8,10H,3-7H2/t8-/m1/s1. The number of aliphatic hydroxyl groups excluding tert-OH is 1. The third kappa shape index (κ3) is 2.02. The van der Waals surface area contributed by atoms with Gasteiger partial charge in [-0.25, -0.2) is 0 Å². The van der Waals surface area contributed by atoms with Gasteiger partial charge in [-0.2, -0.15) is 0 Å². The van der Waals surface area contributed by atoms with Gasteiger partial charge in [0.15, 0.2) is 0 Å². The normalized spacial score (nSPS) is 26.6. The van der Waals surface area contributed by atoms with Crippen molar-refractivity contribution >= 4 is 0 Å². The molecule has 1 saturated heterocycles. The summed E-state index contributed by atoms with van der Waals surface area (Å²) in [7, 11) is 0. The molecule has 0 aromatic heterocycles. The summed E-state index contributed by atoms with van der Waals surface area (Å²) in [4.78, 5) is 2.20. The first-order chi connectivity index (χ1) is 4.83. The fraction of sp³-hybridized carbons (Fsp3) is 0.750. The Bertz CT molecular complexity index is 139. The fourth-order valence-electron chi connectivity index (χ4n) is 1.24. The number of nitrogens with zero attached hydrogens (tertiary/aromatic N) is 1. The van der Waals surface area contributed by atoms with E-state index < -0.39 is 0 Å². The zero-order valence-electron chi connectivity index (χ0n) is 6.08. The predicted molar refractivity (Wildman–Crippen MR) is 40.5 cm³/mol. The summed E-state index contributed by atoms with van der Waals surface area (Å²) in [6, 6.07) is 0. The van der Waals surface area contributed by atoms with Crippen molar-refractivity contribution in [2.75, 3.05) is 19.6 Å². The Kier molecular flexibility index (Phi) is 2.73. The second-order valence-electron chi connectivity index (χ2n) is 2.70. The summed E-state index contributed by atoms with van der Waals surface area (Å²) in [5.74, 6) is 2.59. The summed E-state index contributed by atoms with van der Waals surface area (Å²) in [6.45, 7) is 2.75. The van der Waals surface area contributed by atoms with E-state index in [1.54, 1.807) is 0 Å². The molecule has 10 heavy (non-hydrogen) atoms. The van der Waals surface area contributed by atoms with Crippen LogP contribution in [-0.2, 0) is 0 Å². The lowest BCUT2D eigenvalue weighted by Gasteiger charge is -2.11. The smallest absolute Gasteiger partial charge is 0.0679 e. The number of β-amino-alcohol motifs (C(OH)–C–C–N with tert-alkyl or cyclic N) is 1. The second-order valence-corrected chi connectivity index (χ2v) is 2.70. The van der Waals surface area contributed by atoms with Crippen molar-refractivity contribution < 1.29 is 5.11 Å². The van der Waals surface area contributed by atoms with Crippen LogP contribution in [0.1, 0.15) is 12.8 Å². The summed E-state index contributed by atoms with van der Waals surface area (Å²) in [5, 5.41) is 9.11. The van der Waals surface area contributed by atoms with Gasteiger partial charge in [-0.1, -0.05) is 0 Å². The third-order valence-corrected chi connectivity index (χ3v) is 1.82. The highest BCUT2D eigenvalue weighted by molar-refractivity contribution is 4.86. The third-order valence-electron chi connectivity index (χ3n) is 1.82. The van der Waals surface area contributed by atoms with Crippen LogP contribution in [0.4, 0.5) is 0 Å². The highest BCUT2D eigenvalue weighted by Crippen LogP contribution is 2.07. The zero-order chi connectivity index (χ0) is 7.40. The van der Waals surface area contributed by atoms with Gasteiger partial charge in [0.25, 0.3) is 0 Å². The van der Waals surface area contributed by atoms with Gasteiger partial charge in [-0.05, 0) is 6.42 Å². The maximum Gasteiger partial charge on any atom is 0.0679 e. The van der Waals surface area contributed by atoms with Gasteiger partial charge in [0, 0.05) is 26.1 Å². The minimum atomic E-state index is -0.113. The fourth-order valence-corrected chi connectivity index (χ4v) is 1.24. The predicted octanol–water partition coefficient (Wildman–Crippen LogP) is 0.0763. The molecule has 56 valence electrons. The van der Waals surface area contributed by atoms with E-state index in [1.807, 2.05) is 0 Å². The lowest BCUT2D eigenvalue weighted by molar-refractivity contribution is 0.177. The molecular formula is C8H13NO. The molecule has 1 aliphatic rings.